The summed E-state index contributed by atoms with van der Waals surface area (Å²) in [5.74, 6) is -1.30. The maximum atomic E-state index is 10.4. The largest absolute Gasteiger partial charge is 0.466 e. The molecule has 0 atom stereocenters. The van der Waals surface area contributed by atoms with Gasteiger partial charge in [-0.05, 0) is 13.3 Å². The Hall–Kier alpha value is -3.17. The highest BCUT2D eigenvalue weighted by Crippen LogP contribution is 1.78. The van der Waals surface area contributed by atoms with Crippen LogP contribution in [0.5, 0.6) is 0 Å². The first-order valence-electron chi connectivity index (χ1n) is 10.9. The van der Waals surface area contributed by atoms with Crippen LogP contribution < -0.4 is 10.6 Å². The molecular formula is C22H46N2O13. The second kappa shape index (κ2) is 40.0. The summed E-state index contributed by atoms with van der Waals surface area (Å²) in [6.45, 7) is 8.86. The highest BCUT2D eigenvalue weighted by atomic mass is 16.6. The number of hydrogen-bond donors (Lipinski definition) is 2. The SMILES string of the molecule is CCCOC.CCOC.COC(=O)COC(C)=O.COC(=O)NCNC(=O)OC.COCCOC(C)=O. The molecule has 222 valence electrons. The number of nitrogens with one attached hydrogen (secondary N) is 2. The molecule has 0 aliphatic heterocycles. The van der Waals surface area contributed by atoms with E-state index in [-0.39, 0.29) is 19.2 Å². The summed E-state index contributed by atoms with van der Waals surface area (Å²) in [6, 6.07) is 0. The van der Waals surface area contributed by atoms with E-state index in [1.165, 1.54) is 35.2 Å². The maximum Gasteiger partial charge on any atom is 0.408 e. The average molecular weight is 547 g/mol. The van der Waals surface area contributed by atoms with Crippen molar-refractivity contribution in [1.82, 2.24) is 10.6 Å². The summed E-state index contributed by atoms with van der Waals surface area (Å²) >= 11 is 0. The van der Waals surface area contributed by atoms with E-state index in [9.17, 15) is 24.0 Å². The van der Waals surface area contributed by atoms with Gasteiger partial charge in [-0.1, -0.05) is 6.92 Å². The second-order valence-electron chi connectivity index (χ2n) is 5.77. The van der Waals surface area contributed by atoms with Gasteiger partial charge < -0.3 is 48.5 Å². The summed E-state index contributed by atoms with van der Waals surface area (Å²) in [5.41, 5.74) is 0. The van der Waals surface area contributed by atoms with Crippen LogP contribution in [0.4, 0.5) is 9.59 Å². The summed E-state index contributed by atoms with van der Waals surface area (Å²) in [6.07, 6.45) is -0.0981. The Kier molecular flexibility index (Phi) is 47.4. The third-order valence-electron chi connectivity index (χ3n) is 2.75. The number of methoxy groups -OCH3 is 6. The number of carbonyl (C=O) groups is 5. The van der Waals surface area contributed by atoms with E-state index < -0.39 is 24.1 Å². The highest BCUT2D eigenvalue weighted by Gasteiger charge is 2.00. The van der Waals surface area contributed by atoms with Crippen molar-refractivity contribution in [2.24, 2.45) is 0 Å². The number of ether oxygens (including phenoxy) is 8. The summed E-state index contributed by atoms with van der Waals surface area (Å²) in [7, 11) is 8.64. The molecule has 0 saturated heterocycles. The molecule has 0 aliphatic carbocycles. The normalized spacial score (nSPS) is 8.27. The summed E-state index contributed by atoms with van der Waals surface area (Å²) in [4.78, 5) is 51.0. The van der Waals surface area contributed by atoms with Gasteiger partial charge in [0, 0.05) is 48.4 Å². The number of alkyl carbamates (subject to hydrolysis) is 2. The lowest BCUT2D eigenvalue weighted by atomic mass is 10.5. The zero-order valence-electron chi connectivity index (χ0n) is 23.8. The molecule has 0 fully saturated rings. The summed E-state index contributed by atoms with van der Waals surface area (Å²) < 4.78 is 35.3. The first kappa shape index (κ1) is 43.9. The molecule has 2 N–H and O–H groups in total. The third kappa shape index (κ3) is 65.5. The fourth-order valence-electron chi connectivity index (χ4n) is 1.03. The van der Waals surface area contributed by atoms with Crippen molar-refractivity contribution in [3.05, 3.63) is 0 Å². The second-order valence-corrected chi connectivity index (χ2v) is 5.77. The van der Waals surface area contributed by atoms with Crippen molar-refractivity contribution in [2.45, 2.75) is 34.1 Å². The predicted octanol–water partition coefficient (Wildman–Crippen LogP) is 1.27. The average Bonchev–Trinajstić information content (AvgIpc) is 2.88. The van der Waals surface area contributed by atoms with Crippen LogP contribution >= 0.6 is 0 Å². The van der Waals surface area contributed by atoms with Gasteiger partial charge in [-0.2, -0.15) is 0 Å². The quantitative estimate of drug-likeness (QED) is 0.173. The van der Waals surface area contributed by atoms with Crippen molar-refractivity contribution >= 4 is 30.1 Å². The van der Waals surface area contributed by atoms with Crippen LogP contribution in [0.15, 0.2) is 0 Å². The van der Waals surface area contributed by atoms with Gasteiger partial charge in [0.2, 0.25) is 0 Å². The highest BCUT2D eigenvalue weighted by molar-refractivity contribution is 5.75. The molecule has 0 bridgehead atoms. The molecule has 0 aromatic carbocycles. The molecule has 0 unspecified atom stereocenters. The molecule has 0 radical (unpaired) electrons. The van der Waals surface area contributed by atoms with Crippen LogP contribution in [0, 0.1) is 0 Å². The minimum atomic E-state index is -0.610. The molecule has 0 saturated carbocycles. The molecule has 0 aromatic rings. The topological polar surface area (TPSA) is 183 Å². The van der Waals surface area contributed by atoms with Gasteiger partial charge in [0.25, 0.3) is 0 Å². The fourth-order valence-corrected chi connectivity index (χ4v) is 1.03. The lowest BCUT2D eigenvalue weighted by Crippen LogP contribution is -2.36. The van der Waals surface area contributed by atoms with Gasteiger partial charge in [0.1, 0.15) is 6.61 Å². The van der Waals surface area contributed by atoms with Crippen LogP contribution in [-0.2, 0) is 52.3 Å². The third-order valence-corrected chi connectivity index (χ3v) is 2.75. The molecule has 0 heterocycles. The molecule has 2 amide bonds. The van der Waals surface area contributed by atoms with Crippen LogP contribution in [0.25, 0.3) is 0 Å². The Morgan fingerprint density at radius 1 is 0.595 bits per heavy atom. The van der Waals surface area contributed by atoms with Crippen LogP contribution in [0.3, 0.4) is 0 Å². The van der Waals surface area contributed by atoms with Crippen LogP contribution in [0.2, 0.25) is 0 Å². The first-order valence-corrected chi connectivity index (χ1v) is 10.9. The summed E-state index contributed by atoms with van der Waals surface area (Å²) in [5, 5.41) is 4.45. The van der Waals surface area contributed by atoms with Crippen molar-refractivity contribution < 1.29 is 61.9 Å². The Balaban J connectivity index is -0.000000120. The first-order chi connectivity index (χ1) is 17.5. The maximum absolute atomic E-state index is 10.4. The zero-order chi connectivity index (χ0) is 29.9. The molecule has 0 rings (SSSR count). The van der Waals surface area contributed by atoms with E-state index in [4.69, 9.17) is 4.74 Å². The van der Waals surface area contributed by atoms with Crippen molar-refractivity contribution in [2.75, 3.05) is 82.4 Å². The van der Waals surface area contributed by atoms with E-state index in [2.05, 4.69) is 50.7 Å². The van der Waals surface area contributed by atoms with Crippen molar-refractivity contribution in [3.8, 4) is 0 Å². The monoisotopic (exact) mass is 546 g/mol. The van der Waals surface area contributed by atoms with E-state index in [0.29, 0.717) is 13.2 Å². The number of amides is 2. The van der Waals surface area contributed by atoms with Crippen LogP contribution in [-0.4, -0.2) is 112 Å². The fraction of sp³-hybridized carbons (Fsp3) is 0.773. The van der Waals surface area contributed by atoms with Gasteiger partial charge in [-0.3, -0.25) is 9.59 Å². The Bertz CT molecular complexity index is 527. The van der Waals surface area contributed by atoms with Gasteiger partial charge in [-0.25, -0.2) is 14.4 Å². The van der Waals surface area contributed by atoms with Gasteiger partial charge in [-0.15, -0.1) is 0 Å². The van der Waals surface area contributed by atoms with Gasteiger partial charge >= 0.3 is 30.1 Å². The number of hydrogen-bond acceptors (Lipinski definition) is 13. The lowest BCUT2D eigenvalue weighted by molar-refractivity contribution is -0.155. The predicted molar refractivity (Wildman–Crippen MR) is 133 cm³/mol. The molecule has 0 aromatic heterocycles. The van der Waals surface area contributed by atoms with E-state index in [1.807, 2.05) is 6.92 Å². The molecule has 37 heavy (non-hydrogen) atoms. The molecule has 15 nitrogen and oxygen atoms in total. The standard InChI is InChI=1S/C5H10N2O4.C5H8O4.C5H10O3.C4H10O.C3H8O/c1-10-4(8)6-3-7-5(9)11-2;1-4(6)9-3-5(7)8-2;1-5(6)8-4-3-7-2;1-3-4-5-2;1-3-4-2/h3H2,1-2H3,(H,6,8)(H,7,9);3H2,1-2H3;3-4H2,1-2H3;3-4H2,1-2H3;3H2,1-2H3. The van der Waals surface area contributed by atoms with Crippen molar-refractivity contribution in [1.29, 1.82) is 0 Å². The van der Waals surface area contributed by atoms with Crippen molar-refractivity contribution in [3.63, 3.8) is 0 Å². The van der Waals surface area contributed by atoms with E-state index in [1.54, 1.807) is 21.3 Å². The molecule has 15 heteroatoms. The molecule has 0 spiro atoms. The zero-order valence-corrected chi connectivity index (χ0v) is 23.8. The number of carbonyl (C=O) groups excluding carboxylic acids is 5. The number of esters is 3. The Morgan fingerprint density at radius 2 is 1.03 bits per heavy atom. The lowest BCUT2D eigenvalue weighted by Gasteiger charge is -2.03. The Labute approximate surface area is 219 Å². The minimum absolute atomic E-state index is 0.0145. The molecular weight excluding hydrogens is 500 g/mol. The van der Waals surface area contributed by atoms with Gasteiger partial charge in [0.15, 0.2) is 6.61 Å². The minimum Gasteiger partial charge on any atom is -0.466 e. The van der Waals surface area contributed by atoms with Gasteiger partial charge in [0.05, 0.1) is 34.6 Å². The number of rotatable bonds is 10. The van der Waals surface area contributed by atoms with E-state index in [0.717, 1.165) is 19.6 Å². The van der Waals surface area contributed by atoms with E-state index >= 15 is 0 Å². The smallest absolute Gasteiger partial charge is 0.408 e. The Morgan fingerprint density at radius 3 is 1.27 bits per heavy atom. The van der Waals surface area contributed by atoms with Crippen LogP contribution in [0.1, 0.15) is 34.1 Å². The molecule has 0 aliphatic rings.